The van der Waals surface area contributed by atoms with Crippen LogP contribution in [0.4, 0.5) is 4.79 Å². The first kappa shape index (κ1) is 16.5. The molecule has 1 aromatic carbocycles. The fourth-order valence-electron chi connectivity index (χ4n) is 1.89. The highest BCUT2D eigenvalue weighted by Crippen LogP contribution is 2.11. The quantitative estimate of drug-likeness (QED) is 0.871. The van der Waals surface area contributed by atoms with Gasteiger partial charge in [-0.1, -0.05) is 37.3 Å². The predicted octanol–water partition coefficient (Wildman–Crippen LogP) is 2.89. The minimum absolute atomic E-state index is 0.350. The molecule has 0 bridgehead atoms. The maximum Gasteiger partial charge on any atom is 0.407 e. The van der Waals surface area contributed by atoms with Crippen LogP contribution >= 0.6 is 0 Å². The van der Waals surface area contributed by atoms with E-state index in [1.165, 1.54) is 0 Å². The largest absolute Gasteiger partial charge is 0.444 e. The van der Waals surface area contributed by atoms with Crippen molar-refractivity contribution < 1.29 is 14.6 Å². The second-order valence-corrected chi connectivity index (χ2v) is 5.92. The van der Waals surface area contributed by atoms with Crippen molar-refractivity contribution in [3.63, 3.8) is 0 Å². The number of nitrogens with one attached hydrogen (secondary N) is 1. The van der Waals surface area contributed by atoms with Crippen molar-refractivity contribution in [2.75, 3.05) is 0 Å². The van der Waals surface area contributed by atoms with E-state index in [9.17, 15) is 9.90 Å². The van der Waals surface area contributed by atoms with Gasteiger partial charge in [-0.3, -0.25) is 0 Å². The van der Waals surface area contributed by atoms with Crippen molar-refractivity contribution in [2.24, 2.45) is 0 Å². The number of aliphatic hydroxyl groups is 1. The third-order valence-electron chi connectivity index (χ3n) is 2.88. The lowest BCUT2D eigenvalue weighted by atomic mass is 10.00. The zero-order valence-corrected chi connectivity index (χ0v) is 12.7. The number of benzene rings is 1. The Morgan fingerprint density at radius 1 is 1.30 bits per heavy atom. The van der Waals surface area contributed by atoms with Crippen LogP contribution in [0.5, 0.6) is 0 Å². The first-order chi connectivity index (χ1) is 9.31. The number of alkyl carbamates (subject to hydrolysis) is 1. The summed E-state index contributed by atoms with van der Waals surface area (Å²) in [7, 11) is 0. The highest BCUT2D eigenvalue weighted by atomic mass is 16.6. The fraction of sp³-hybridized carbons (Fsp3) is 0.562. The molecular formula is C16H25NO3. The topological polar surface area (TPSA) is 58.6 Å². The summed E-state index contributed by atoms with van der Waals surface area (Å²) in [6.45, 7) is 7.33. The highest BCUT2D eigenvalue weighted by Gasteiger charge is 2.23. The Balaban J connectivity index is 2.68. The van der Waals surface area contributed by atoms with Crippen LogP contribution in [0.3, 0.4) is 0 Å². The Kier molecular flexibility index (Phi) is 6.02. The number of hydrogen-bond acceptors (Lipinski definition) is 3. The van der Waals surface area contributed by atoms with Crippen molar-refractivity contribution in [2.45, 2.75) is 58.3 Å². The van der Waals surface area contributed by atoms with Gasteiger partial charge in [-0.25, -0.2) is 4.79 Å². The number of rotatable bonds is 5. The Bertz CT molecular complexity index is 411. The number of hydrogen-bond donors (Lipinski definition) is 2. The number of carbonyl (C=O) groups is 1. The normalized spacial score (nSPS) is 14.4. The third kappa shape index (κ3) is 6.06. The maximum absolute atomic E-state index is 11.8. The minimum atomic E-state index is -0.595. The van der Waals surface area contributed by atoms with E-state index < -0.39 is 17.8 Å². The van der Waals surface area contributed by atoms with Gasteiger partial charge in [0, 0.05) is 0 Å². The Hall–Kier alpha value is -1.55. The van der Waals surface area contributed by atoms with Crippen LogP contribution in [0.2, 0.25) is 0 Å². The van der Waals surface area contributed by atoms with Crippen LogP contribution in [-0.4, -0.2) is 28.9 Å². The molecule has 0 spiro atoms. The maximum atomic E-state index is 11.8. The molecule has 2 unspecified atom stereocenters. The van der Waals surface area contributed by atoms with Gasteiger partial charge < -0.3 is 15.2 Å². The lowest BCUT2D eigenvalue weighted by Gasteiger charge is -2.26. The van der Waals surface area contributed by atoms with Crippen LogP contribution in [0.15, 0.2) is 30.3 Å². The average molecular weight is 279 g/mol. The van der Waals surface area contributed by atoms with Crippen LogP contribution < -0.4 is 5.32 Å². The Labute approximate surface area is 121 Å². The second-order valence-electron chi connectivity index (χ2n) is 5.92. The van der Waals surface area contributed by atoms with Crippen molar-refractivity contribution in [1.82, 2.24) is 5.32 Å². The Morgan fingerprint density at radius 2 is 1.90 bits per heavy atom. The summed E-state index contributed by atoms with van der Waals surface area (Å²) >= 11 is 0. The molecule has 0 saturated carbocycles. The van der Waals surface area contributed by atoms with Gasteiger partial charge in [0.2, 0.25) is 0 Å². The number of carbonyl (C=O) groups excluding carboxylic acids is 1. The minimum Gasteiger partial charge on any atom is -0.444 e. The van der Waals surface area contributed by atoms with E-state index in [2.05, 4.69) is 5.32 Å². The first-order valence-corrected chi connectivity index (χ1v) is 7.03. The zero-order valence-electron chi connectivity index (χ0n) is 12.7. The van der Waals surface area contributed by atoms with Crippen LogP contribution in [0.25, 0.3) is 0 Å². The summed E-state index contributed by atoms with van der Waals surface area (Å²) in [4.78, 5) is 11.8. The van der Waals surface area contributed by atoms with E-state index in [0.29, 0.717) is 12.8 Å². The van der Waals surface area contributed by atoms with Gasteiger partial charge in [-0.2, -0.15) is 0 Å². The summed E-state index contributed by atoms with van der Waals surface area (Å²) in [6, 6.07) is 9.43. The molecule has 4 nitrogen and oxygen atoms in total. The molecule has 0 radical (unpaired) electrons. The van der Waals surface area contributed by atoms with Gasteiger partial charge >= 0.3 is 6.09 Å². The molecule has 0 heterocycles. The second kappa shape index (κ2) is 7.29. The summed E-state index contributed by atoms with van der Waals surface area (Å²) in [5, 5.41) is 12.8. The molecule has 1 amide bonds. The summed E-state index contributed by atoms with van der Waals surface area (Å²) in [6.07, 6.45) is 0.0659. The van der Waals surface area contributed by atoms with E-state index in [-0.39, 0.29) is 6.04 Å². The van der Waals surface area contributed by atoms with Crippen LogP contribution in [0.1, 0.15) is 39.7 Å². The highest BCUT2D eigenvalue weighted by molar-refractivity contribution is 5.68. The van der Waals surface area contributed by atoms with Gasteiger partial charge in [0.15, 0.2) is 0 Å². The van der Waals surface area contributed by atoms with Gasteiger partial charge in [0.05, 0.1) is 12.1 Å². The van der Waals surface area contributed by atoms with E-state index >= 15 is 0 Å². The van der Waals surface area contributed by atoms with E-state index in [4.69, 9.17) is 4.74 Å². The molecule has 112 valence electrons. The van der Waals surface area contributed by atoms with Gasteiger partial charge in [-0.15, -0.1) is 0 Å². The molecular weight excluding hydrogens is 254 g/mol. The molecule has 0 fully saturated rings. The summed E-state index contributed by atoms with van der Waals surface area (Å²) in [5.41, 5.74) is 0.527. The van der Waals surface area contributed by atoms with Crippen molar-refractivity contribution in [3.05, 3.63) is 35.9 Å². The van der Waals surface area contributed by atoms with Gasteiger partial charge in [-0.05, 0) is 39.2 Å². The molecule has 0 aliphatic rings. The molecule has 1 aromatic rings. The third-order valence-corrected chi connectivity index (χ3v) is 2.88. The molecule has 2 N–H and O–H groups in total. The lowest BCUT2D eigenvalue weighted by Crippen LogP contribution is -2.46. The molecule has 1 rings (SSSR count). The lowest BCUT2D eigenvalue weighted by molar-refractivity contribution is 0.0419. The molecule has 20 heavy (non-hydrogen) atoms. The first-order valence-electron chi connectivity index (χ1n) is 7.03. The Morgan fingerprint density at radius 3 is 2.40 bits per heavy atom. The molecule has 0 aromatic heterocycles. The average Bonchev–Trinajstić information content (AvgIpc) is 2.36. The molecule has 0 saturated heterocycles. The monoisotopic (exact) mass is 279 g/mol. The molecule has 2 atom stereocenters. The van der Waals surface area contributed by atoms with Crippen molar-refractivity contribution >= 4 is 6.09 Å². The van der Waals surface area contributed by atoms with E-state index in [1.54, 1.807) is 0 Å². The van der Waals surface area contributed by atoms with Crippen molar-refractivity contribution in [1.29, 1.82) is 0 Å². The van der Waals surface area contributed by atoms with E-state index in [0.717, 1.165) is 5.56 Å². The van der Waals surface area contributed by atoms with Gasteiger partial charge in [0.25, 0.3) is 0 Å². The number of ether oxygens (including phenoxy) is 1. The van der Waals surface area contributed by atoms with Crippen molar-refractivity contribution in [3.8, 4) is 0 Å². The van der Waals surface area contributed by atoms with E-state index in [1.807, 2.05) is 58.0 Å². The SMILES string of the molecule is CCC(O)C(Cc1ccccc1)NC(=O)OC(C)(C)C. The number of aliphatic hydroxyl groups excluding tert-OH is 1. The fourth-order valence-corrected chi connectivity index (χ4v) is 1.89. The van der Waals surface area contributed by atoms with Crippen LogP contribution in [0, 0.1) is 0 Å². The van der Waals surface area contributed by atoms with Gasteiger partial charge in [0.1, 0.15) is 5.60 Å². The smallest absolute Gasteiger partial charge is 0.407 e. The molecule has 0 aliphatic heterocycles. The number of amides is 1. The summed E-state index contributed by atoms with van der Waals surface area (Å²) < 4.78 is 5.24. The molecule has 0 aliphatic carbocycles. The molecule has 4 heteroatoms. The zero-order chi connectivity index (χ0) is 15.2. The summed E-state index contributed by atoms with van der Waals surface area (Å²) in [5.74, 6) is 0. The van der Waals surface area contributed by atoms with Crippen LogP contribution in [-0.2, 0) is 11.2 Å². The predicted molar refractivity (Wildman–Crippen MR) is 79.6 cm³/mol. The standard InChI is InChI=1S/C16H25NO3/c1-5-14(18)13(11-12-9-7-6-8-10-12)17-15(19)20-16(2,3)4/h6-10,13-14,18H,5,11H2,1-4H3,(H,17,19).